The number of pyridine rings is 1. The van der Waals surface area contributed by atoms with Crippen molar-refractivity contribution in [2.45, 2.75) is 6.92 Å². The number of nitrogens with zero attached hydrogens (tertiary/aromatic N) is 2. The number of nitriles is 1. The summed E-state index contributed by atoms with van der Waals surface area (Å²) in [6.45, 7) is 1.79. The molecule has 0 saturated carbocycles. The Balaban J connectivity index is 1.80. The highest BCUT2D eigenvalue weighted by atomic mass is 35.5. The van der Waals surface area contributed by atoms with Gasteiger partial charge in [-0.1, -0.05) is 29.8 Å². The van der Waals surface area contributed by atoms with Gasteiger partial charge in [-0.2, -0.15) is 5.26 Å². The normalized spacial score (nSPS) is 10.0. The third-order valence-corrected chi connectivity index (χ3v) is 4.48. The van der Waals surface area contributed by atoms with Crippen LogP contribution in [0, 0.1) is 18.3 Å². The van der Waals surface area contributed by atoms with E-state index in [4.69, 9.17) is 16.9 Å². The van der Waals surface area contributed by atoms with Gasteiger partial charge in [0.05, 0.1) is 11.3 Å². The second kappa shape index (κ2) is 8.33. The Hall–Kier alpha value is -3.69. The second-order valence-corrected chi connectivity index (χ2v) is 6.31. The summed E-state index contributed by atoms with van der Waals surface area (Å²) in [4.78, 5) is 29.1. The van der Waals surface area contributed by atoms with Crippen LogP contribution in [0.1, 0.15) is 32.0 Å². The third-order valence-electron chi connectivity index (χ3n) is 4.07. The Morgan fingerprint density at radius 1 is 1.00 bits per heavy atom. The third kappa shape index (κ3) is 4.17. The molecule has 1 heterocycles. The summed E-state index contributed by atoms with van der Waals surface area (Å²) in [5, 5.41) is 15.1. The fourth-order valence-corrected chi connectivity index (χ4v) is 2.68. The molecular formula is C21H15ClN4O2. The molecule has 0 bridgehead atoms. The van der Waals surface area contributed by atoms with Crippen LogP contribution in [0.25, 0.3) is 0 Å². The van der Waals surface area contributed by atoms with Crippen molar-refractivity contribution >= 4 is 34.8 Å². The molecule has 0 radical (unpaired) electrons. The Kier molecular flexibility index (Phi) is 5.68. The van der Waals surface area contributed by atoms with Crippen LogP contribution in [0.3, 0.4) is 0 Å². The van der Waals surface area contributed by atoms with Crippen LogP contribution in [-0.2, 0) is 0 Å². The van der Waals surface area contributed by atoms with Crippen LogP contribution < -0.4 is 10.6 Å². The van der Waals surface area contributed by atoms with Gasteiger partial charge in [0.25, 0.3) is 11.8 Å². The number of halogens is 1. The molecule has 0 saturated heterocycles. The second-order valence-electron chi connectivity index (χ2n) is 5.91. The first-order valence-electron chi connectivity index (χ1n) is 8.32. The van der Waals surface area contributed by atoms with E-state index in [1.807, 2.05) is 6.07 Å². The molecule has 0 aliphatic heterocycles. The zero-order chi connectivity index (χ0) is 20.1. The highest BCUT2D eigenvalue weighted by Crippen LogP contribution is 2.23. The van der Waals surface area contributed by atoms with Crippen molar-refractivity contribution in [1.82, 2.24) is 4.98 Å². The van der Waals surface area contributed by atoms with Crippen LogP contribution in [-0.4, -0.2) is 16.8 Å². The van der Waals surface area contributed by atoms with Crippen molar-refractivity contribution in [1.29, 1.82) is 5.26 Å². The van der Waals surface area contributed by atoms with Gasteiger partial charge in [-0.3, -0.25) is 14.6 Å². The zero-order valence-corrected chi connectivity index (χ0v) is 15.6. The van der Waals surface area contributed by atoms with Crippen molar-refractivity contribution in [3.8, 4) is 6.07 Å². The van der Waals surface area contributed by atoms with Gasteiger partial charge in [-0.25, -0.2) is 0 Å². The summed E-state index contributed by atoms with van der Waals surface area (Å²) in [7, 11) is 0. The lowest BCUT2D eigenvalue weighted by molar-refractivity contribution is 0.102. The van der Waals surface area contributed by atoms with E-state index in [-0.39, 0.29) is 11.3 Å². The van der Waals surface area contributed by atoms with Crippen molar-refractivity contribution in [2.75, 3.05) is 10.6 Å². The van der Waals surface area contributed by atoms with E-state index in [1.165, 1.54) is 18.3 Å². The van der Waals surface area contributed by atoms with Gasteiger partial charge in [-0.15, -0.1) is 0 Å². The molecular weight excluding hydrogens is 376 g/mol. The molecule has 138 valence electrons. The van der Waals surface area contributed by atoms with Gasteiger partial charge in [0.1, 0.15) is 11.8 Å². The maximum absolute atomic E-state index is 12.5. The predicted octanol–water partition coefficient (Wildman–Crippen LogP) is 4.42. The van der Waals surface area contributed by atoms with Crippen molar-refractivity contribution in [3.05, 3.63) is 88.2 Å². The lowest BCUT2D eigenvalue weighted by Gasteiger charge is -2.10. The first-order valence-corrected chi connectivity index (χ1v) is 8.70. The molecule has 0 fully saturated rings. The predicted molar refractivity (Wildman–Crippen MR) is 107 cm³/mol. The average Bonchev–Trinajstić information content (AvgIpc) is 2.72. The first-order chi connectivity index (χ1) is 13.5. The van der Waals surface area contributed by atoms with E-state index < -0.39 is 11.8 Å². The number of anilines is 2. The maximum atomic E-state index is 12.5. The van der Waals surface area contributed by atoms with E-state index in [1.54, 1.807) is 49.4 Å². The number of para-hydroxylation sites is 1. The molecule has 7 heteroatoms. The molecule has 0 aliphatic carbocycles. The van der Waals surface area contributed by atoms with E-state index in [2.05, 4.69) is 15.6 Å². The number of rotatable bonds is 4. The summed E-state index contributed by atoms with van der Waals surface area (Å²) in [6.07, 6.45) is 1.38. The summed E-state index contributed by atoms with van der Waals surface area (Å²) >= 11 is 6.07. The highest BCUT2D eigenvalue weighted by molar-refractivity contribution is 6.31. The Morgan fingerprint density at radius 3 is 2.50 bits per heavy atom. The number of hydrogen-bond donors (Lipinski definition) is 2. The monoisotopic (exact) mass is 390 g/mol. The van der Waals surface area contributed by atoms with Crippen LogP contribution in [0.2, 0.25) is 5.02 Å². The fraction of sp³-hybridized carbons (Fsp3) is 0.0476. The molecule has 3 aromatic rings. The van der Waals surface area contributed by atoms with Gasteiger partial charge in [0.15, 0.2) is 0 Å². The standard InChI is InChI=1S/C21H15ClN4O2/c1-13-16(22)6-4-8-17(13)25-21(28)19-11-14(9-10-24-19)20(27)26-18-7-3-2-5-15(18)12-23/h2-11H,1H3,(H,25,28)(H,26,27). The molecule has 0 aliphatic rings. The van der Waals surface area contributed by atoms with Crippen LogP contribution >= 0.6 is 11.6 Å². The largest absolute Gasteiger partial charge is 0.321 e. The number of hydrogen-bond acceptors (Lipinski definition) is 4. The molecule has 2 aromatic carbocycles. The molecule has 0 atom stereocenters. The van der Waals surface area contributed by atoms with E-state index >= 15 is 0 Å². The van der Waals surface area contributed by atoms with Gasteiger partial charge in [0.2, 0.25) is 0 Å². The van der Waals surface area contributed by atoms with Crippen molar-refractivity contribution < 1.29 is 9.59 Å². The lowest BCUT2D eigenvalue weighted by atomic mass is 10.1. The van der Waals surface area contributed by atoms with Gasteiger partial charge < -0.3 is 10.6 Å². The van der Waals surface area contributed by atoms with Crippen LogP contribution in [0.15, 0.2) is 60.8 Å². The number of aromatic nitrogens is 1. The maximum Gasteiger partial charge on any atom is 0.274 e. The molecule has 0 unspecified atom stereocenters. The van der Waals surface area contributed by atoms with E-state index in [9.17, 15) is 9.59 Å². The topological polar surface area (TPSA) is 94.9 Å². The number of amides is 2. The van der Waals surface area contributed by atoms with E-state index in [0.29, 0.717) is 22.0 Å². The summed E-state index contributed by atoms with van der Waals surface area (Å²) in [5.74, 6) is -0.907. The molecule has 3 rings (SSSR count). The summed E-state index contributed by atoms with van der Waals surface area (Å²) < 4.78 is 0. The van der Waals surface area contributed by atoms with Crippen LogP contribution in [0.5, 0.6) is 0 Å². The molecule has 0 spiro atoms. The highest BCUT2D eigenvalue weighted by Gasteiger charge is 2.14. The average molecular weight is 391 g/mol. The minimum atomic E-state index is -0.461. The fourth-order valence-electron chi connectivity index (χ4n) is 2.51. The molecule has 1 aromatic heterocycles. The number of benzene rings is 2. The smallest absolute Gasteiger partial charge is 0.274 e. The number of carbonyl (C=O) groups is 2. The Labute approximate surface area is 166 Å². The minimum Gasteiger partial charge on any atom is -0.321 e. The SMILES string of the molecule is Cc1c(Cl)cccc1NC(=O)c1cc(C(=O)Nc2ccccc2C#N)ccn1. The van der Waals surface area contributed by atoms with Crippen molar-refractivity contribution in [3.63, 3.8) is 0 Å². The van der Waals surface area contributed by atoms with Crippen LogP contribution in [0.4, 0.5) is 11.4 Å². The molecule has 28 heavy (non-hydrogen) atoms. The molecule has 2 amide bonds. The van der Waals surface area contributed by atoms with Gasteiger partial charge >= 0.3 is 0 Å². The quantitative estimate of drug-likeness (QED) is 0.689. The van der Waals surface area contributed by atoms with Gasteiger partial charge in [-0.05, 0) is 48.9 Å². The number of carbonyl (C=O) groups excluding carboxylic acids is 2. The zero-order valence-electron chi connectivity index (χ0n) is 14.9. The number of nitrogens with one attached hydrogen (secondary N) is 2. The van der Waals surface area contributed by atoms with Crippen molar-refractivity contribution in [2.24, 2.45) is 0 Å². The van der Waals surface area contributed by atoms with Gasteiger partial charge in [0, 0.05) is 22.5 Å². The summed E-state index contributed by atoms with van der Waals surface area (Å²) in [5.41, 5.74) is 2.37. The Bertz CT molecular complexity index is 1110. The molecule has 2 N–H and O–H groups in total. The molecule has 6 nitrogen and oxygen atoms in total. The Morgan fingerprint density at radius 2 is 1.71 bits per heavy atom. The first kappa shape index (κ1) is 19.1. The summed E-state index contributed by atoms with van der Waals surface area (Å²) in [6, 6.07) is 16.8. The van der Waals surface area contributed by atoms with E-state index in [0.717, 1.165) is 5.56 Å². The minimum absolute atomic E-state index is 0.0839. The lowest BCUT2D eigenvalue weighted by Crippen LogP contribution is -2.17.